The van der Waals surface area contributed by atoms with Crippen molar-refractivity contribution < 1.29 is 40.7 Å². The normalized spacial score (nSPS) is 15.6. The lowest BCUT2D eigenvalue weighted by Crippen LogP contribution is -2.27. The Hall–Kier alpha value is -3.90. The minimum Gasteiger partial charge on any atom is -0.483 e. The Balaban J connectivity index is 0.00000186. The number of primary amides is 1. The van der Waals surface area contributed by atoms with E-state index in [1.54, 1.807) is 42.1 Å². The number of ether oxygens (including phenoxy) is 1. The molecule has 0 saturated heterocycles. The molecule has 7 nitrogen and oxygen atoms in total. The van der Waals surface area contributed by atoms with Gasteiger partial charge in [0, 0.05) is 35.3 Å². The minimum absolute atomic E-state index is 0.0106. The van der Waals surface area contributed by atoms with Gasteiger partial charge in [-0.05, 0) is 30.3 Å². The average molecular weight is 530 g/mol. The van der Waals surface area contributed by atoms with E-state index >= 15 is 0 Å². The lowest BCUT2D eigenvalue weighted by Gasteiger charge is -2.23. The molecule has 2 aromatic carbocycles. The van der Waals surface area contributed by atoms with Crippen LogP contribution in [-0.2, 0) is 22.4 Å². The molecule has 3 aromatic rings. The molecule has 1 atom stereocenters. The summed E-state index contributed by atoms with van der Waals surface area (Å²) in [6.07, 6.45) is -9.17. The van der Waals surface area contributed by atoms with E-state index in [1.807, 2.05) is 13.8 Å². The molecule has 13 heteroatoms. The predicted molar refractivity (Wildman–Crippen MR) is 124 cm³/mol. The fourth-order valence-corrected chi connectivity index (χ4v) is 3.80. The lowest BCUT2D eigenvalue weighted by molar-refractivity contribution is -0.158. The number of amidine groups is 1. The van der Waals surface area contributed by atoms with Gasteiger partial charge in [-0.1, -0.05) is 31.1 Å². The molecule has 200 valence electrons. The number of benzene rings is 2. The van der Waals surface area contributed by atoms with E-state index in [2.05, 4.69) is 9.89 Å². The van der Waals surface area contributed by atoms with Gasteiger partial charge in [-0.15, -0.1) is 0 Å². The van der Waals surface area contributed by atoms with E-state index in [0.29, 0.717) is 28.4 Å². The third-order valence-electron chi connectivity index (χ3n) is 5.29. The van der Waals surface area contributed by atoms with Crippen LogP contribution in [0.15, 0.2) is 53.8 Å². The van der Waals surface area contributed by atoms with Crippen molar-refractivity contribution >= 4 is 22.6 Å². The molecule has 37 heavy (non-hydrogen) atoms. The van der Waals surface area contributed by atoms with Crippen molar-refractivity contribution in [3.63, 3.8) is 0 Å². The summed E-state index contributed by atoms with van der Waals surface area (Å²) in [7, 11) is 1.55. The number of nitrogens with zero attached hydrogens (tertiary/aromatic N) is 3. The number of oxime groups is 1. The summed E-state index contributed by atoms with van der Waals surface area (Å²) in [5.74, 6) is -1.17. The highest BCUT2D eigenvalue weighted by Gasteiger charge is 2.38. The van der Waals surface area contributed by atoms with Gasteiger partial charge in [0.2, 0.25) is 12.1 Å². The number of carbonyl (C=O) groups excluding carboxylic acids is 1. The number of fused-ring (bicyclic) bond motifs is 1. The third-order valence-corrected chi connectivity index (χ3v) is 5.29. The average Bonchev–Trinajstić information content (AvgIpc) is 3.41. The number of alkyl halides is 6. The monoisotopic (exact) mass is 530 g/mol. The zero-order chi connectivity index (χ0) is 27.5. The third kappa shape index (κ3) is 6.09. The highest BCUT2D eigenvalue weighted by atomic mass is 19.4. The molecule has 4 rings (SSSR count). The summed E-state index contributed by atoms with van der Waals surface area (Å²) in [5, 5.41) is 4.73. The molecule has 0 aliphatic carbocycles. The van der Waals surface area contributed by atoms with Crippen molar-refractivity contribution in [2.75, 3.05) is 13.7 Å². The summed E-state index contributed by atoms with van der Waals surface area (Å²) < 4.78 is 84.1. The number of hydrogen-bond acceptors (Lipinski definition) is 5. The molecule has 0 bridgehead atoms. The van der Waals surface area contributed by atoms with E-state index in [4.69, 9.17) is 10.6 Å². The first-order valence-electron chi connectivity index (χ1n) is 11.1. The van der Waals surface area contributed by atoms with Crippen LogP contribution in [0.2, 0.25) is 0 Å². The summed E-state index contributed by atoms with van der Waals surface area (Å²) in [6, 6.07) is 9.64. The second-order valence-corrected chi connectivity index (χ2v) is 7.79. The van der Waals surface area contributed by atoms with Crippen molar-refractivity contribution in [1.82, 2.24) is 9.47 Å². The van der Waals surface area contributed by atoms with Gasteiger partial charge in [0.1, 0.15) is 12.3 Å². The van der Waals surface area contributed by atoms with Gasteiger partial charge in [0.25, 0.3) is 0 Å². The molecule has 0 radical (unpaired) electrons. The van der Waals surface area contributed by atoms with Crippen molar-refractivity contribution in [2.24, 2.45) is 10.9 Å². The Morgan fingerprint density at radius 2 is 1.81 bits per heavy atom. The molecule has 0 spiro atoms. The van der Waals surface area contributed by atoms with E-state index in [0.717, 1.165) is 6.07 Å². The van der Waals surface area contributed by atoms with E-state index in [-0.39, 0.29) is 12.1 Å². The van der Waals surface area contributed by atoms with E-state index in [1.165, 1.54) is 11.0 Å². The fourth-order valence-electron chi connectivity index (χ4n) is 3.80. The number of aromatic nitrogens is 1. The first-order valence-corrected chi connectivity index (χ1v) is 11.1. The minimum atomic E-state index is -4.97. The SMILES string of the molecule is CC.CN1C(c2cccc3c2ccn3CC(N)=O)=NOC1c1ccc(OCC(F)(F)F)c(C(F)(F)F)c1. The second kappa shape index (κ2) is 10.6. The maximum atomic E-state index is 13.6. The molecule has 2 heterocycles. The summed E-state index contributed by atoms with van der Waals surface area (Å²) in [6.45, 7) is 2.10. The van der Waals surface area contributed by atoms with Gasteiger partial charge in [0.05, 0.1) is 5.56 Å². The molecule has 1 aliphatic rings. The molecule has 2 N–H and O–H groups in total. The quantitative estimate of drug-likeness (QED) is 0.431. The summed E-state index contributed by atoms with van der Waals surface area (Å²) in [5.41, 5.74) is 5.20. The first-order chi connectivity index (χ1) is 17.3. The molecule has 1 aromatic heterocycles. The first kappa shape index (κ1) is 27.7. The summed E-state index contributed by atoms with van der Waals surface area (Å²) in [4.78, 5) is 18.2. The maximum Gasteiger partial charge on any atom is 0.422 e. The lowest BCUT2D eigenvalue weighted by atomic mass is 10.1. The molecule has 1 amide bonds. The van der Waals surface area contributed by atoms with Crippen LogP contribution in [0, 0.1) is 0 Å². The highest BCUT2D eigenvalue weighted by Crippen LogP contribution is 2.40. The number of rotatable bonds is 6. The number of nitrogens with two attached hydrogens (primary N) is 1. The van der Waals surface area contributed by atoms with Crippen LogP contribution >= 0.6 is 0 Å². The van der Waals surface area contributed by atoms with E-state index < -0.39 is 42.4 Å². The van der Waals surface area contributed by atoms with Crippen molar-refractivity contribution in [3.8, 4) is 5.75 Å². The topological polar surface area (TPSA) is 82.1 Å². The van der Waals surface area contributed by atoms with Gasteiger partial charge in [-0.25, -0.2) is 0 Å². The van der Waals surface area contributed by atoms with Gasteiger partial charge in [-0.3, -0.25) is 4.79 Å². The van der Waals surface area contributed by atoms with Crippen LogP contribution in [0.25, 0.3) is 10.9 Å². The Morgan fingerprint density at radius 3 is 2.43 bits per heavy atom. The number of amides is 1. The van der Waals surface area contributed by atoms with Crippen LogP contribution in [0.3, 0.4) is 0 Å². The molecular formula is C24H24F6N4O3. The Kier molecular flexibility index (Phi) is 7.94. The van der Waals surface area contributed by atoms with Crippen LogP contribution in [0.5, 0.6) is 5.75 Å². The van der Waals surface area contributed by atoms with Crippen molar-refractivity contribution in [3.05, 3.63) is 65.4 Å². The molecule has 1 unspecified atom stereocenters. The Labute approximate surface area is 208 Å². The summed E-state index contributed by atoms with van der Waals surface area (Å²) >= 11 is 0. The Morgan fingerprint density at radius 1 is 1.11 bits per heavy atom. The number of hydrogen-bond donors (Lipinski definition) is 1. The zero-order valence-electron chi connectivity index (χ0n) is 20.0. The van der Waals surface area contributed by atoms with Gasteiger partial charge >= 0.3 is 12.4 Å². The fraction of sp³-hybridized carbons (Fsp3) is 0.333. The largest absolute Gasteiger partial charge is 0.483 e. The predicted octanol–water partition coefficient (Wildman–Crippen LogP) is 5.44. The van der Waals surface area contributed by atoms with Crippen molar-refractivity contribution in [2.45, 2.75) is 39.0 Å². The Bertz CT molecular complexity index is 1300. The number of halogens is 6. The van der Waals surface area contributed by atoms with Crippen molar-refractivity contribution in [1.29, 1.82) is 0 Å². The van der Waals surface area contributed by atoms with Gasteiger partial charge in [0.15, 0.2) is 12.4 Å². The second-order valence-electron chi connectivity index (χ2n) is 7.79. The molecule has 0 fully saturated rings. The zero-order valence-corrected chi connectivity index (χ0v) is 20.0. The standard InChI is InChI=1S/C22H18F6N4O3.C2H6/c1-31-19(14-3-2-4-16-13(14)7-8-32(16)10-18(29)33)30-35-20(31)12-5-6-17(34-11-21(23,24)25)15(9-12)22(26,27)28;1-2/h2-9,20H,10-11H2,1H3,(H2,29,33);1-2H3. The van der Waals surface area contributed by atoms with E-state index in [9.17, 15) is 31.1 Å². The van der Waals surface area contributed by atoms with Crippen LogP contribution < -0.4 is 10.5 Å². The van der Waals surface area contributed by atoms with Crippen LogP contribution in [0.1, 0.15) is 36.8 Å². The van der Waals surface area contributed by atoms with Gasteiger partial charge in [-0.2, -0.15) is 26.3 Å². The van der Waals surface area contributed by atoms with Crippen LogP contribution in [-0.4, -0.2) is 41.0 Å². The number of carbonyl (C=O) groups is 1. The molecular weight excluding hydrogens is 506 g/mol. The molecule has 1 aliphatic heterocycles. The smallest absolute Gasteiger partial charge is 0.422 e. The molecule has 0 saturated carbocycles. The highest BCUT2D eigenvalue weighted by molar-refractivity contribution is 6.09. The maximum absolute atomic E-state index is 13.6. The van der Waals surface area contributed by atoms with Crippen LogP contribution in [0.4, 0.5) is 26.3 Å². The van der Waals surface area contributed by atoms with Gasteiger partial charge < -0.3 is 24.8 Å².